The highest BCUT2D eigenvalue weighted by atomic mass is 32.2. The predicted molar refractivity (Wildman–Crippen MR) is 251 cm³/mol. The molecule has 0 spiro atoms. The van der Waals surface area contributed by atoms with E-state index in [4.69, 9.17) is 32.4 Å². The Morgan fingerprint density at radius 2 is 0.875 bits per heavy atom. The zero-order valence-electron chi connectivity index (χ0n) is 35.6. The number of benzene rings is 7. The van der Waals surface area contributed by atoms with Crippen LogP contribution >= 0.6 is 7.28 Å². The van der Waals surface area contributed by atoms with Crippen molar-refractivity contribution in [3.8, 4) is 0 Å². The molecule has 1 aliphatic heterocycles. The van der Waals surface area contributed by atoms with Crippen LogP contribution in [0.1, 0.15) is 27.8 Å². The van der Waals surface area contributed by atoms with Gasteiger partial charge in [-0.1, -0.05) is 200 Å². The summed E-state index contributed by atoms with van der Waals surface area (Å²) in [6.07, 6.45) is -4.57. The molecule has 0 aliphatic carbocycles. The van der Waals surface area contributed by atoms with Gasteiger partial charge in [0.2, 0.25) is 0 Å². The van der Waals surface area contributed by atoms with Crippen LogP contribution < -0.4 is 10.6 Å². The Kier molecular flexibility index (Phi) is 15.4. The molecular formula is C53H52NO8PS. The van der Waals surface area contributed by atoms with Gasteiger partial charge in [0.05, 0.1) is 37.9 Å². The average Bonchev–Trinajstić information content (AvgIpc) is 3.34. The Balaban J connectivity index is 1.28. The van der Waals surface area contributed by atoms with Crippen LogP contribution in [-0.4, -0.2) is 45.7 Å². The lowest BCUT2D eigenvalue weighted by Crippen LogP contribution is -2.61. The average molecular weight is 894 g/mol. The molecule has 5 atom stereocenters. The Labute approximate surface area is 376 Å². The van der Waals surface area contributed by atoms with Crippen LogP contribution in [-0.2, 0) is 64.7 Å². The second-order valence-electron chi connectivity index (χ2n) is 15.5. The first-order valence-corrected chi connectivity index (χ1v) is 24.4. The second-order valence-corrected chi connectivity index (χ2v) is 20.0. The van der Waals surface area contributed by atoms with Crippen molar-refractivity contribution >= 4 is 27.9 Å². The molecule has 0 amide bonds. The number of ether oxygens (including phenoxy) is 5. The minimum Gasteiger partial charge on any atom is -0.374 e. The molecule has 64 heavy (non-hydrogen) atoms. The number of aryl methyl sites for hydroxylation is 1. The number of hydrogen-bond acceptors (Lipinski definition) is 8. The van der Waals surface area contributed by atoms with Crippen LogP contribution in [0.5, 0.6) is 0 Å². The lowest BCUT2D eigenvalue weighted by atomic mass is 9.98. The van der Waals surface area contributed by atoms with Crippen molar-refractivity contribution in [2.75, 3.05) is 6.61 Å². The van der Waals surface area contributed by atoms with E-state index < -0.39 is 48.0 Å². The Hall–Kier alpha value is -5.52. The maximum absolute atomic E-state index is 14.7. The van der Waals surface area contributed by atoms with Gasteiger partial charge in [-0.2, -0.15) is 8.42 Å². The standard InChI is InChI=1S/C53H52NO8PS/c1-41-32-34-48(35-33-41)64(55,56)54-63(46-28-16-6-17-29-46,47-30-18-7-19-31-47)62-53-52(60-39-45-26-14-5-15-27-45)51(59-38-44-24-12-4-13-25-44)50(58-37-43-22-10-3-11-23-43)49(61-53)40-57-36-42-20-8-2-9-21-42/h2-35,49-53H,36-40H2,1H3/t49-,50+,51+,52-,53-/m1/s1. The van der Waals surface area contributed by atoms with E-state index in [1.165, 1.54) is 0 Å². The molecule has 9 nitrogen and oxygen atoms in total. The van der Waals surface area contributed by atoms with E-state index in [1.807, 2.05) is 189 Å². The van der Waals surface area contributed by atoms with Gasteiger partial charge in [0.15, 0.2) is 13.6 Å². The highest BCUT2D eigenvalue weighted by Crippen LogP contribution is 2.53. The molecule has 0 saturated carbocycles. The summed E-state index contributed by atoms with van der Waals surface area (Å²) >= 11 is 0. The normalized spacial score (nSPS) is 18.9. The van der Waals surface area contributed by atoms with E-state index in [9.17, 15) is 8.42 Å². The van der Waals surface area contributed by atoms with E-state index in [0.717, 1.165) is 27.8 Å². The summed E-state index contributed by atoms with van der Waals surface area (Å²) < 4.78 is 76.2. The smallest absolute Gasteiger partial charge is 0.283 e. The molecule has 1 heterocycles. The Morgan fingerprint density at radius 1 is 0.484 bits per heavy atom. The van der Waals surface area contributed by atoms with E-state index in [1.54, 1.807) is 24.3 Å². The first-order chi connectivity index (χ1) is 31.4. The van der Waals surface area contributed by atoms with Crippen molar-refractivity contribution in [3.63, 3.8) is 0 Å². The van der Waals surface area contributed by atoms with Gasteiger partial charge in [-0.15, -0.1) is 4.15 Å². The molecule has 0 radical (unpaired) electrons. The van der Waals surface area contributed by atoms with Crippen molar-refractivity contribution in [3.05, 3.63) is 234 Å². The first-order valence-electron chi connectivity index (χ1n) is 21.3. The topological polar surface area (TPSA) is 102 Å². The number of sulfonamides is 1. The summed E-state index contributed by atoms with van der Waals surface area (Å²) in [6.45, 7) is 2.95. The fraction of sp³-hybridized carbons (Fsp3) is 0.208. The maximum Gasteiger partial charge on any atom is 0.283 e. The van der Waals surface area contributed by atoms with E-state index in [-0.39, 0.29) is 31.3 Å². The molecule has 328 valence electrons. The molecule has 1 fully saturated rings. The van der Waals surface area contributed by atoms with Gasteiger partial charge in [0, 0.05) is 10.6 Å². The zero-order chi connectivity index (χ0) is 44.0. The molecule has 7 aromatic rings. The van der Waals surface area contributed by atoms with Gasteiger partial charge in [0.1, 0.15) is 24.4 Å². The quantitative estimate of drug-likeness (QED) is 0.0740. The Morgan fingerprint density at radius 3 is 1.33 bits per heavy atom. The van der Waals surface area contributed by atoms with Crippen LogP contribution in [0.4, 0.5) is 0 Å². The molecule has 7 aromatic carbocycles. The molecule has 1 aliphatic rings. The molecule has 0 aromatic heterocycles. The summed E-state index contributed by atoms with van der Waals surface area (Å²) in [5, 5.41) is 1.15. The van der Waals surface area contributed by atoms with Crippen LogP contribution in [0.25, 0.3) is 0 Å². The van der Waals surface area contributed by atoms with E-state index in [0.29, 0.717) is 17.2 Å². The highest BCUT2D eigenvalue weighted by Gasteiger charge is 2.51. The first kappa shape index (κ1) is 45.1. The summed E-state index contributed by atoms with van der Waals surface area (Å²) in [7, 11) is -8.14. The third-order valence-corrected chi connectivity index (χ3v) is 16.0. The minimum absolute atomic E-state index is 0.0463. The van der Waals surface area contributed by atoms with Gasteiger partial charge in [0.25, 0.3) is 10.0 Å². The predicted octanol–water partition coefficient (Wildman–Crippen LogP) is 10.2. The lowest BCUT2D eigenvalue weighted by molar-refractivity contribution is -0.309. The highest BCUT2D eigenvalue weighted by molar-refractivity contribution is 7.96. The molecule has 0 N–H and O–H groups in total. The largest absolute Gasteiger partial charge is 0.374 e. The zero-order valence-corrected chi connectivity index (χ0v) is 37.3. The van der Waals surface area contributed by atoms with E-state index >= 15 is 0 Å². The summed E-state index contributed by atoms with van der Waals surface area (Å²) in [4.78, 5) is 0.0463. The fourth-order valence-corrected chi connectivity index (χ4v) is 12.7. The summed E-state index contributed by atoms with van der Waals surface area (Å²) in [5.41, 5.74) is 4.74. The van der Waals surface area contributed by atoms with Crippen molar-refractivity contribution in [2.45, 2.75) is 69.0 Å². The number of nitrogens with zero attached hydrogens (tertiary/aromatic N) is 1. The number of rotatable bonds is 19. The lowest BCUT2D eigenvalue weighted by Gasteiger charge is -2.47. The number of hydrogen-bond donors (Lipinski definition) is 0. The van der Waals surface area contributed by atoms with Crippen LogP contribution in [0.15, 0.2) is 215 Å². The molecular weight excluding hydrogens is 842 g/mol. The van der Waals surface area contributed by atoms with Crippen LogP contribution in [0.3, 0.4) is 0 Å². The van der Waals surface area contributed by atoms with Gasteiger partial charge < -0.3 is 28.2 Å². The molecule has 8 rings (SSSR count). The monoisotopic (exact) mass is 893 g/mol. The van der Waals surface area contributed by atoms with Crippen LogP contribution in [0.2, 0.25) is 0 Å². The van der Waals surface area contributed by atoms with Crippen LogP contribution in [0, 0.1) is 6.92 Å². The Bertz CT molecular complexity index is 2600. The summed E-state index contributed by atoms with van der Waals surface area (Å²) in [6, 6.07) is 64.8. The molecule has 0 unspecified atom stereocenters. The third kappa shape index (κ3) is 11.6. The van der Waals surface area contributed by atoms with Gasteiger partial charge in [-0.25, -0.2) is 0 Å². The molecule has 11 heteroatoms. The SMILES string of the molecule is Cc1ccc(S(=O)(=O)N=P(O[C@H]2O[C@H](COCc3ccccc3)[C@H](OCc3ccccc3)[C@H](OCc3ccccc3)[C@H]2OCc2ccccc2)(c2ccccc2)c2ccccc2)cc1. The molecule has 1 saturated heterocycles. The van der Waals surface area contributed by atoms with E-state index in [2.05, 4.69) is 0 Å². The fourth-order valence-electron chi connectivity index (χ4n) is 7.54. The molecule has 0 bridgehead atoms. The second kappa shape index (κ2) is 21.9. The van der Waals surface area contributed by atoms with Crippen molar-refractivity contribution in [1.82, 2.24) is 0 Å². The third-order valence-electron chi connectivity index (χ3n) is 10.9. The van der Waals surface area contributed by atoms with Gasteiger partial charge in [-0.05, 0) is 41.3 Å². The summed E-state index contributed by atoms with van der Waals surface area (Å²) in [5.74, 6) is 0. The van der Waals surface area contributed by atoms with Gasteiger partial charge >= 0.3 is 0 Å². The van der Waals surface area contributed by atoms with Crippen molar-refractivity contribution < 1.29 is 36.6 Å². The maximum atomic E-state index is 14.7. The van der Waals surface area contributed by atoms with Crippen molar-refractivity contribution in [1.29, 1.82) is 0 Å². The minimum atomic E-state index is -4.35. The van der Waals surface area contributed by atoms with Gasteiger partial charge in [-0.3, -0.25) is 0 Å². The van der Waals surface area contributed by atoms with Crippen molar-refractivity contribution in [2.24, 2.45) is 4.15 Å².